The van der Waals surface area contributed by atoms with Crippen molar-refractivity contribution in [3.63, 3.8) is 0 Å². The Kier molecular flexibility index (Phi) is 9.12. The topological polar surface area (TPSA) is 77.2 Å². The third kappa shape index (κ3) is 6.90. The number of nitrogens with one attached hydrogen (secondary N) is 2. The second-order valence-electron chi connectivity index (χ2n) is 9.55. The molecule has 1 unspecified atom stereocenters. The van der Waals surface area contributed by atoms with Crippen LogP contribution in [0.15, 0.2) is 24.3 Å². The normalized spacial score (nSPS) is 21.4. The van der Waals surface area contributed by atoms with Crippen LogP contribution in [0, 0.1) is 11.7 Å². The monoisotopic (exact) mass is 475 g/mol. The number of halogens is 1. The number of amides is 3. The van der Waals surface area contributed by atoms with Crippen LogP contribution in [0.1, 0.15) is 32.1 Å². The number of carbonyl (C=O) groups excluding carboxylic acids is 2. The average Bonchev–Trinajstić information content (AvgIpc) is 3.37. The predicted octanol–water partition coefficient (Wildman–Crippen LogP) is 2.37. The quantitative estimate of drug-likeness (QED) is 0.565. The lowest BCUT2D eigenvalue weighted by Gasteiger charge is -2.40. The lowest BCUT2D eigenvalue weighted by Crippen LogP contribution is -2.58. The zero-order valence-corrected chi connectivity index (χ0v) is 20.0. The van der Waals surface area contributed by atoms with Crippen LogP contribution >= 0.6 is 0 Å². The number of nitrogens with zero attached hydrogens (tertiary/aromatic N) is 3. The predicted molar refractivity (Wildman–Crippen MR) is 129 cm³/mol. The van der Waals surface area contributed by atoms with Crippen molar-refractivity contribution in [2.75, 3.05) is 70.9 Å². The molecule has 0 spiro atoms. The lowest BCUT2D eigenvalue weighted by atomic mass is 9.95. The Bertz CT molecular complexity index is 805. The van der Waals surface area contributed by atoms with Gasteiger partial charge >= 0.3 is 6.03 Å². The van der Waals surface area contributed by atoms with Crippen molar-refractivity contribution in [2.45, 2.75) is 38.1 Å². The number of rotatable bonds is 8. The summed E-state index contributed by atoms with van der Waals surface area (Å²) in [7, 11) is 0. The van der Waals surface area contributed by atoms with Crippen molar-refractivity contribution in [1.82, 2.24) is 20.0 Å². The van der Waals surface area contributed by atoms with Crippen LogP contribution in [-0.4, -0.2) is 98.3 Å². The van der Waals surface area contributed by atoms with Gasteiger partial charge in [-0.3, -0.25) is 14.6 Å². The van der Waals surface area contributed by atoms with Crippen molar-refractivity contribution >= 4 is 17.6 Å². The molecule has 1 aliphatic carbocycles. The van der Waals surface area contributed by atoms with Gasteiger partial charge in [0.2, 0.25) is 5.91 Å². The first kappa shape index (κ1) is 24.9. The maximum Gasteiger partial charge on any atom is 0.321 e. The molecule has 3 fully saturated rings. The Labute approximate surface area is 201 Å². The maximum atomic E-state index is 13.4. The molecular weight excluding hydrogens is 437 g/mol. The minimum Gasteiger partial charge on any atom is -0.379 e. The molecule has 2 aliphatic heterocycles. The number of hydrogen-bond donors (Lipinski definition) is 2. The number of anilines is 1. The Morgan fingerprint density at radius 2 is 1.79 bits per heavy atom. The summed E-state index contributed by atoms with van der Waals surface area (Å²) in [5, 5.41) is 5.97. The van der Waals surface area contributed by atoms with Crippen molar-refractivity contribution in [1.29, 1.82) is 0 Å². The molecule has 0 radical (unpaired) electrons. The zero-order valence-electron chi connectivity index (χ0n) is 20.0. The molecule has 4 rings (SSSR count). The third-order valence-electron chi connectivity index (χ3n) is 7.24. The zero-order chi connectivity index (χ0) is 23.8. The average molecular weight is 476 g/mol. The number of piperazine rings is 1. The third-order valence-corrected chi connectivity index (χ3v) is 7.24. The van der Waals surface area contributed by atoms with Crippen LogP contribution in [-0.2, 0) is 9.53 Å². The van der Waals surface area contributed by atoms with Crippen LogP contribution in [0.5, 0.6) is 0 Å². The first-order chi connectivity index (χ1) is 16.6. The van der Waals surface area contributed by atoms with E-state index in [0.717, 1.165) is 52.1 Å². The maximum absolute atomic E-state index is 13.4. The largest absolute Gasteiger partial charge is 0.379 e. The van der Waals surface area contributed by atoms with E-state index in [4.69, 9.17) is 4.74 Å². The van der Waals surface area contributed by atoms with Gasteiger partial charge in [-0.15, -0.1) is 0 Å². The SMILES string of the molecule is O=C(NCCCN1CCOCC1)C(C1CCCC1)N1CCN(C(=O)Nc2cccc(F)c2)CC1. The molecule has 0 aromatic heterocycles. The lowest BCUT2D eigenvalue weighted by molar-refractivity contribution is -0.129. The summed E-state index contributed by atoms with van der Waals surface area (Å²) < 4.78 is 18.8. The molecule has 3 amide bonds. The summed E-state index contributed by atoms with van der Waals surface area (Å²) in [6, 6.07) is 5.57. The van der Waals surface area contributed by atoms with E-state index >= 15 is 0 Å². The van der Waals surface area contributed by atoms with E-state index < -0.39 is 0 Å². The van der Waals surface area contributed by atoms with Gasteiger partial charge in [0, 0.05) is 51.5 Å². The van der Waals surface area contributed by atoms with Gasteiger partial charge in [-0.05, 0) is 49.9 Å². The van der Waals surface area contributed by atoms with Crippen molar-refractivity contribution in [3.8, 4) is 0 Å². The molecule has 9 heteroatoms. The summed E-state index contributed by atoms with van der Waals surface area (Å²) in [6.45, 7) is 7.63. The number of benzene rings is 1. The highest BCUT2D eigenvalue weighted by molar-refractivity contribution is 5.89. The molecule has 2 N–H and O–H groups in total. The van der Waals surface area contributed by atoms with E-state index in [1.165, 1.54) is 25.0 Å². The number of hydrogen-bond acceptors (Lipinski definition) is 5. The molecule has 3 aliphatic rings. The number of ether oxygens (including phenoxy) is 1. The fraction of sp³-hybridized carbons (Fsp3) is 0.680. The summed E-state index contributed by atoms with van der Waals surface area (Å²) in [6.07, 6.45) is 5.48. The molecule has 188 valence electrons. The van der Waals surface area contributed by atoms with Gasteiger partial charge in [0.05, 0.1) is 19.3 Å². The number of morpholine rings is 1. The Morgan fingerprint density at radius 1 is 1.06 bits per heavy atom. The summed E-state index contributed by atoms with van der Waals surface area (Å²) in [5.41, 5.74) is 0.452. The number of carbonyl (C=O) groups is 2. The van der Waals surface area contributed by atoms with E-state index in [1.807, 2.05) is 0 Å². The molecule has 1 saturated carbocycles. The second kappa shape index (κ2) is 12.5. The fourth-order valence-electron chi connectivity index (χ4n) is 5.37. The van der Waals surface area contributed by atoms with Gasteiger partial charge in [0.25, 0.3) is 0 Å². The van der Waals surface area contributed by atoms with Crippen LogP contribution in [0.3, 0.4) is 0 Å². The minimum absolute atomic E-state index is 0.126. The summed E-state index contributed by atoms with van der Waals surface area (Å²) >= 11 is 0. The molecule has 1 aromatic carbocycles. The standard InChI is InChI=1S/C25H38FN5O3/c26-21-7-3-8-22(19-21)28-25(33)31-13-11-30(12-14-31)23(20-5-1-2-6-20)24(32)27-9-4-10-29-15-17-34-18-16-29/h3,7-8,19-20,23H,1-2,4-6,9-18H2,(H,27,32)(H,28,33). The minimum atomic E-state index is -0.377. The molecule has 1 aromatic rings. The number of urea groups is 1. The highest BCUT2D eigenvalue weighted by atomic mass is 19.1. The first-order valence-electron chi connectivity index (χ1n) is 12.7. The van der Waals surface area contributed by atoms with E-state index in [1.54, 1.807) is 17.0 Å². The molecule has 2 saturated heterocycles. The molecular formula is C25H38FN5O3. The van der Waals surface area contributed by atoms with E-state index in [0.29, 0.717) is 44.3 Å². The van der Waals surface area contributed by atoms with Crippen LogP contribution in [0.2, 0.25) is 0 Å². The van der Waals surface area contributed by atoms with E-state index in [-0.39, 0.29) is 23.8 Å². The van der Waals surface area contributed by atoms with Crippen LogP contribution in [0.25, 0.3) is 0 Å². The summed E-state index contributed by atoms with van der Waals surface area (Å²) in [5.74, 6) is 0.136. The van der Waals surface area contributed by atoms with Crippen molar-refractivity contribution in [3.05, 3.63) is 30.1 Å². The van der Waals surface area contributed by atoms with Gasteiger partial charge in [0.1, 0.15) is 5.82 Å². The Balaban J connectivity index is 1.26. The van der Waals surface area contributed by atoms with E-state index in [9.17, 15) is 14.0 Å². The van der Waals surface area contributed by atoms with Crippen molar-refractivity contribution < 1.29 is 18.7 Å². The summed E-state index contributed by atoms with van der Waals surface area (Å²) in [4.78, 5) is 32.3. The molecule has 0 bridgehead atoms. The van der Waals surface area contributed by atoms with Crippen LogP contribution < -0.4 is 10.6 Å². The molecule has 1 atom stereocenters. The van der Waals surface area contributed by atoms with Gasteiger partial charge in [0.15, 0.2) is 0 Å². The van der Waals surface area contributed by atoms with E-state index in [2.05, 4.69) is 20.4 Å². The molecule has 2 heterocycles. The smallest absolute Gasteiger partial charge is 0.321 e. The highest BCUT2D eigenvalue weighted by Crippen LogP contribution is 2.31. The first-order valence-corrected chi connectivity index (χ1v) is 12.7. The van der Waals surface area contributed by atoms with Gasteiger partial charge in [-0.25, -0.2) is 9.18 Å². The van der Waals surface area contributed by atoms with Gasteiger partial charge in [-0.1, -0.05) is 18.9 Å². The second-order valence-corrected chi connectivity index (χ2v) is 9.55. The van der Waals surface area contributed by atoms with Gasteiger partial charge < -0.3 is 20.3 Å². The fourth-order valence-corrected chi connectivity index (χ4v) is 5.37. The Hall–Kier alpha value is -2.23. The van der Waals surface area contributed by atoms with Gasteiger partial charge in [-0.2, -0.15) is 0 Å². The van der Waals surface area contributed by atoms with Crippen LogP contribution in [0.4, 0.5) is 14.9 Å². The molecule has 8 nitrogen and oxygen atoms in total. The van der Waals surface area contributed by atoms with Crippen molar-refractivity contribution in [2.24, 2.45) is 5.92 Å². The Morgan fingerprint density at radius 3 is 2.50 bits per heavy atom. The highest BCUT2D eigenvalue weighted by Gasteiger charge is 2.37. The molecule has 34 heavy (non-hydrogen) atoms.